The van der Waals surface area contributed by atoms with E-state index in [1.807, 2.05) is 6.07 Å². The van der Waals surface area contributed by atoms with E-state index in [0.717, 1.165) is 65.9 Å². The Balaban J connectivity index is 0.00000401. The molecule has 0 radical (unpaired) electrons. The molecule has 4 aromatic carbocycles. The van der Waals surface area contributed by atoms with Gasteiger partial charge in [-0.3, -0.25) is 4.90 Å². The van der Waals surface area contributed by atoms with Crippen LogP contribution >= 0.6 is 0 Å². The highest BCUT2D eigenvalue weighted by molar-refractivity contribution is 5.62. The minimum atomic E-state index is 0. The predicted molar refractivity (Wildman–Crippen MR) is 182 cm³/mol. The summed E-state index contributed by atoms with van der Waals surface area (Å²) in [6, 6.07) is 21.4. The number of likely N-dealkylation sites (N-methyl/N-ethyl adjacent to an activating group) is 2. The van der Waals surface area contributed by atoms with Crippen LogP contribution in [0.5, 0.6) is 46.0 Å². The molecule has 8 rings (SSSR count). The highest BCUT2D eigenvalue weighted by atomic mass is 127. The van der Waals surface area contributed by atoms with E-state index < -0.39 is 0 Å². The first kappa shape index (κ1) is 34.2. The van der Waals surface area contributed by atoms with Gasteiger partial charge in [0.1, 0.15) is 11.8 Å². The van der Waals surface area contributed by atoms with Gasteiger partial charge in [0, 0.05) is 25.4 Å². The van der Waals surface area contributed by atoms with Crippen molar-refractivity contribution in [2.75, 3.05) is 62.7 Å². The number of methoxy groups -OCH3 is 4. The Hall–Kier alpha value is -3.67. The minimum Gasteiger partial charge on any atom is -1.00 e. The first-order valence-electron chi connectivity index (χ1n) is 16.4. The molecule has 4 aromatic rings. The molecule has 48 heavy (non-hydrogen) atoms. The Morgan fingerprint density at radius 3 is 2.10 bits per heavy atom. The molecule has 0 fully saturated rings. The van der Waals surface area contributed by atoms with Crippen LogP contribution in [0.15, 0.2) is 60.7 Å². The van der Waals surface area contributed by atoms with Crippen LogP contribution in [0.3, 0.4) is 0 Å². The van der Waals surface area contributed by atoms with E-state index in [0.29, 0.717) is 34.5 Å². The van der Waals surface area contributed by atoms with Crippen LogP contribution in [-0.2, 0) is 25.7 Å². The molecular weight excluding hydrogens is 719 g/mol. The summed E-state index contributed by atoms with van der Waals surface area (Å²) >= 11 is 0. The van der Waals surface area contributed by atoms with Crippen molar-refractivity contribution in [2.45, 2.75) is 37.8 Å². The third-order valence-electron chi connectivity index (χ3n) is 10.4. The molecule has 0 spiro atoms. The normalized spacial score (nSPS) is 19.3. The SMILES string of the molecule is COc1ccc2cc1Oc1cc3c(cc1OC)CCN(C)C3Cc1ccc(cc1)Oc1c(OC)c(OC)cc3c1C(C2)[N+](C)(C)CC3.[I-]. The number of hydrogen-bond donors (Lipinski definition) is 0. The lowest BCUT2D eigenvalue weighted by atomic mass is 9.86. The van der Waals surface area contributed by atoms with Crippen LogP contribution in [-0.4, -0.2) is 72.1 Å². The van der Waals surface area contributed by atoms with Gasteiger partial charge in [0.15, 0.2) is 34.5 Å². The van der Waals surface area contributed by atoms with Crippen molar-refractivity contribution in [2.24, 2.45) is 0 Å². The van der Waals surface area contributed by atoms with Crippen LogP contribution in [0.2, 0.25) is 0 Å². The van der Waals surface area contributed by atoms with Gasteiger partial charge in [-0.2, -0.15) is 0 Å². The van der Waals surface area contributed by atoms with Crippen molar-refractivity contribution in [3.63, 3.8) is 0 Å². The summed E-state index contributed by atoms with van der Waals surface area (Å²) < 4.78 is 37.9. The molecule has 0 aliphatic carbocycles. The van der Waals surface area contributed by atoms with Gasteiger partial charge in [-0.25, -0.2) is 0 Å². The standard InChI is InChI=1S/C39H45N2O6.HI/c1-40-16-14-26-21-33(43-5)35-23-29(26)30(40)18-24-8-11-28(12-9-24)46-39-37-27(22-36(44-6)38(39)45-7)15-17-41(2,3)31(37)19-25-10-13-32(42-4)34(20-25)47-35;/h8-13,20-23,30-31H,14-19H2,1-7H3;1H/q+1;/p-1. The van der Waals surface area contributed by atoms with E-state index >= 15 is 0 Å². The molecule has 0 aromatic heterocycles. The lowest BCUT2D eigenvalue weighted by molar-refractivity contribution is -0.923. The van der Waals surface area contributed by atoms with E-state index in [1.54, 1.807) is 28.4 Å². The summed E-state index contributed by atoms with van der Waals surface area (Å²) in [5, 5.41) is 0. The Morgan fingerprint density at radius 2 is 1.40 bits per heavy atom. The molecule has 9 heteroatoms. The molecule has 2 atom stereocenters. The van der Waals surface area contributed by atoms with Gasteiger partial charge >= 0.3 is 0 Å². The molecular formula is C39H45IN2O6. The fourth-order valence-corrected chi connectivity index (χ4v) is 7.61. The molecule has 0 N–H and O–H groups in total. The fourth-order valence-electron chi connectivity index (χ4n) is 7.61. The second-order valence-electron chi connectivity index (χ2n) is 13.5. The number of benzene rings is 4. The Kier molecular flexibility index (Phi) is 9.75. The predicted octanol–water partition coefficient (Wildman–Crippen LogP) is 4.31. The third kappa shape index (κ3) is 6.16. The number of fused-ring (bicyclic) bond motifs is 2. The second kappa shape index (κ2) is 13.7. The van der Waals surface area contributed by atoms with Gasteiger partial charge in [-0.15, -0.1) is 0 Å². The number of halogens is 1. The Labute approximate surface area is 301 Å². The molecule has 254 valence electrons. The van der Waals surface area contributed by atoms with E-state index in [4.69, 9.17) is 28.4 Å². The highest BCUT2D eigenvalue weighted by Gasteiger charge is 2.41. The zero-order valence-corrected chi connectivity index (χ0v) is 31.1. The molecule has 6 bridgehead atoms. The summed E-state index contributed by atoms with van der Waals surface area (Å²) in [6.07, 6.45) is 3.45. The van der Waals surface area contributed by atoms with Crippen molar-refractivity contribution >= 4 is 0 Å². The van der Waals surface area contributed by atoms with E-state index in [1.165, 1.54) is 22.3 Å². The quantitative estimate of drug-likeness (QED) is 0.227. The zero-order valence-electron chi connectivity index (χ0n) is 28.9. The second-order valence-corrected chi connectivity index (χ2v) is 13.5. The highest BCUT2D eigenvalue weighted by Crippen LogP contribution is 2.52. The van der Waals surface area contributed by atoms with Crippen LogP contribution in [0.4, 0.5) is 0 Å². The van der Waals surface area contributed by atoms with Gasteiger partial charge in [-0.1, -0.05) is 18.2 Å². The van der Waals surface area contributed by atoms with Crippen molar-refractivity contribution in [1.82, 2.24) is 4.90 Å². The summed E-state index contributed by atoms with van der Waals surface area (Å²) in [7, 11) is 13.5. The van der Waals surface area contributed by atoms with E-state index in [9.17, 15) is 0 Å². The lowest BCUT2D eigenvalue weighted by Crippen LogP contribution is -3.00. The number of ether oxygens (including phenoxy) is 6. The first-order valence-corrected chi connectivity index (χ1v) is 16.4. The van der Waals surface area contributed by atoms with Crippen molar-refractivity contribution in [1.29, 1.82) is 0 Å². The smallest absolute Gasteiger partial charge is 0.204 e. The summed E-state index contributed by atoms with van der Waals surface area (Å²) in [5.74, 6) is 5.50. The van der Waals surface area contributed by atoms with Gasteiger partial charge in [0.05, 0.1) is 54.6 Å². The van der Waals surface area contributed by atoms with Gasteiger partial charge in [0.2, 0.25) is 5.75 Å². The molecule has 0 saturated carbocycles. The molecule has 4 heterocycles. The molecule has 0 saturated heterocycles. The zero-order chi connectivity index (χ0) is 32.9. The molecule has 8 nitrogen and oxygen atoms in total. The number of quaternary nitrogens is 1. The maximum Gasteiger partial charge on any atom is 0.204 e. The molecule has 2 unspecified atom stereocenters. The fraction of sp³-hybridized carbons (Fsp3) is 0.385. The largest absolute Gasteiger partial charge is 1.00 e. The Bertz CT molecular complexity index is 1810. The average molecular weight is 765 g/mol. The Morgan fingerprint density at radius 1 is 0.708 bits per heavy atom. The van der Waals surface area contributed by atoms with Crippen LogP contribution in [0, 0.1) is 0 Å². The van der Waals surface area contributed by atoms with Gasteiger partial charge in [-0.05, 0) is 90.2 Å². The summed E-state index contributed by atoms with van der Waals surface area (Å²) in [4.78, 5) is 2.43. The van der Waals surface area contributed by atoms with E-state index in [2.05, 4.69) is 80.6 Å². The average Bonchev–Trinajstić information content (AvgIpc) is 3.07. The van der Waals surface area contributed by atoms with Crippen LogP contribution in [0.1, 0.15) is 45.5 Å². The van der Waals surface area contributed by atoms with Crippen LogP contribution in [0.25, 0.3) is 0 Å². The minimum absolute atomic E-state index is 0. The maximum absolute atomic E-state index is 6.84. The lowest BCUT2D eigenvalue weighted by Gasteiger charge is -2.43. The molecule has 4 aliphatic rings. The molecule has 4 aliphatic heterocycles. The van der Waals surface area contributed by atoms with Gasteiger partial charge < -0.3 is 56.9 Å². The monoisotopic (exact) mass is 764 g/mol. The molecule has 0 amide bonds. The number of nitrogens with zero attached hydrogens (tertiary/aromatic N) is 2. The van der Waals surface area contributed by atoms with Crippen molar-refractivity contribution in [3.8, 4) is 46.0 Å². The maximum atomic E-state index is 6.84. The third-order valence-corrected chi connectivity index (χ3v) is 10.4. The topological polar surface area (TPSA) is 58.6 Å². The van der Waals surface area contributed by atoms with Crippen LogP contribution < -0.4 is 52.4 Å². The number of rotatable bonds is 4. The van der Waals surface area contributed by atoms with Gasteiger partial charge in [0.25, 0.3) is 0 Å². The summed E-state index contributed by atoms with van der Waals surface area (Å²) in [6.45, 7) is 1.94. The van der Waals surface area contributed by atoms with E-state index in [-0.39, 0.29) is 36.1 Å². The number of hydrogen-bond acceptors (Lipinski definition) is 7. The van der Waals surface area contributed by atoms with Crippen molar-refractivity contribution < 1.29 is 56.9 Å². The first-order chi connectivity index (χ1) is 22.7. The summed E-state index contributed by atoms with van der Waals surface area (Å²) in [5.41, 5.74) is 7.27. The van der Waals surface area contributed by atoms with Crippen molar-refractivity contribution in [3.05, 3.63) is 94.0 Å².